The third-order valence-corrected chi connectivity index (χ3v) is 4.02. The number of rotatable bonds is 5. The van der Waals surface area contributed by atoms with Gasteiger partial charge in [-0.05, 0) is 6.07 Å². The zero-order chi connectivity index (χ0) is 15.6. The summed E-state index contributed by atoms with van der Waals surface area (Å²) >= 11 is 0. The number of methoxy groups -OCH3 is 2. The van der Waals surface area contributed by atoms with Crippen LogP contribution >= 0.6 is 0 Å². The topological polar surface area (TPSA) is 85.8 Å². The first-order valence-electron chi connectivity index (χ1n) is 6.15. The summed E-state index contributed by atoms with van der Waals surface area (Å²) in [6.45, 7) is 0.104. The van der Waals surface area contributed by atoms with Gasteiger partial charge in [-0.15, -0.1) is 3.89 Å². The summed E-state index contributed by atoms with van der Waals surface area (Å²) in [6.07, 6.45) is -0.0294. The minimum Gasteiger partial charge on any atom is -0.481 e. The van der Waals surface area contributed by atoms with Crippen LogP contribution in [0.3, 0.4) is 0 Å². The number of amides is 1. The predicted molar refractivity (Wildman–Crippen MR) is 72.7 cm³/mol. The second-order valence-electron chi connectivity index (χ2n) is 4.66. The lowest BCUT2D eigenvalue weighted by atomic mass is 10.1. The van der Waals surface area contributed by atoms with Gasteiger partial charge in [-0.1, -0.05) is 0 Å². The SMILES string of the molecule is COc1ccc(N2CC(CS(=O)(=O)F)CC2=O)c(OC)n1. The van der Waals surface area contributed by atoms with Crippen LogP contribution in [-0.4, -0.2) is 45.8 Å². The summed E-state index contributed by atoms with van der Waals surface area (Å²) in [6, 6.07) is 3.15. The third-order valence-electron chi connectivity index (χ3n) is 3.15. The maximum Gasteiger partial charge on any atom is 0.302 e. The highest BCUT2D eigenvalue weighted by Crippen LogP contribution is 2.33. The Bertz CT molecular complexity index is 649. The molecule has 2 rings (SSSR count). The lowest BCUT2D eigenvalue weighted by Crippen LogP contribution is -2.26. The number of ether oxygens (including phenoxy) is 2. The normalized spacial score (nSPS) is 18.9. The summed E-state index contributed by atoms with van der Waals surface area (Å²) < 4.78 is 44.2. The van der Waals surface area contributed by atoms with E-state index in [1.807, 2.05) is 0 Å². The van der Waals surface area contributed by atoms with Gasteiger partial charge in [-0.2, -0.15) is 13.4 Å². The Morgan fingerprint density at radius 1 is 1.38 bits per heavy atom. The molecular formula is C12H15FN2O5S. The largest absolute Gasteiger partial charge is 0.481 e. The number of aromatic nitrogens is 1. The van der Waals surface area contributed by atoms with Crippen molar-refractivity contribution in [1.29, 1.82) is 0 Å². The second-order valence-corrected chi connectivity index (χ2v) is 6.07. The summed E-state index contributed by atoms with van der Waals surface area (Å²) in [5, 5.41) is 0. The number of carbonyl (C=O) groups excluding carboxylic acids is 1. The minimum atomic E-state index is -4.61. The molecule has 1 aromatic heterocycles. The quantitative estimate of drug-likeness (QED) is 0.745. The van der Waals surface area contributed by atoms with Crippen molar-refractivity contribution in [2.75, 3.05) is 31.4 Å². The Balaban J connectivity index is 2.24. The van der Waals surface area contributed by atoms with Crippen LogP contribution in [0.1, 0.15) is 6.42 Å². The van der Waals surface area contributed by atoms with Crippen molar-refractivity contribution in [1.82, 2.24) is 4.98 Å². The monoisotopic (exact) mass is 318 g/mol. The minimum absolute atomic E-state index is 0.0294. The molecule has 116 valence electrons. The van der Waals surface area contributed by atoms with E-state index in [1.54, 1.807) is 12.1 Å². The van der Waals surface area contributed by atoms with Crippen molar-refractivity contribution < 1.29 is 26.6 Å². The van der Waals surface area contributed by atoms with Crippen LogP contribution in [-0.2, 0) is 15.0 Å². The molecule has 1 aliphatic rings. The maximum atomic E-state index is 12.7. The van der Waals surface area contributed by atoms with E-state index in [4.69, 9.17) is 9.47 Å². The Labute approximate surface area is 121 Å². The smallest absolute Gasteiger partial charge is 0.302 e. The fourth-order valence-corrected chi connectivity index (χ4v) is 3.08. The molecule has 1 aliphatic heterocycles. The summed E-state index contributed by atoms with van der Waals surface area (Å²) in [5.74, 6) is -1.04. The molecule has 0 aromatic carbocycles. The van der Waals surface area contributed by atoms with Gasteiger partial charge in [-0.25, -0.2) is 0 Å². The van der Waals surface area contributed by atoms with Gasteiger partial charge < -0.3 is 14.4 Å². The summed E-state index contributed by atoms with van der Waals surface area (Å²) in [4.78, 5) is 17.4. The van der Waals surface area contributed by atoms with Crippen LogP contribution in [0.15, 0.2) is 12.1 Å². The average Bonchev–Trinajstić information content (AvgIpc) is 2.76. The predicted octanol–water partition coefficient (Wildman–Crippen LogP) is 0.751. The van der Waals surface area contributed by atoms with Crippen LogP contribution in [0.5, 0.6) is 11.8 Å². The van der Waals surface area contributed by atoms with E-state index in [2.05, 4.69) is 4.98 Å². The van der Waals surface area contributed by atoms with Crippen LogP contribution in [0.4, 0.5) is 9.57 Å². The molecule has 2 heterocycles. The molecule has 21 heavy (non-hydrogen) atoms. The van der Waals surface area contributed by atoms with Crippen molar-refractivity contribution in [3.63, 3.8) is 0 Å². The fourth-order valence-electron chi connectivity index (χ4n) is 2.29. The first kappa shape index (κ1) is 15.5. The summed E-state index contributed by atoms with van der Waals surface area (Å²) in [7, 11) is -1.76. The summed E-state index contributed by atoms with van der Waals surface area (Å²) in [5.41, 5.74) is 0.405. The molecule has 7 nitrogen and oxygen atoms in total. The highest BCUT2D eigenvalue weighted by Gasteiger charge is 2.35. The van der Waals surface area contributed by atoms with E-state index in [0.717, 1.165) is 0 Å². The first-order valence-corrected chi connectivity index (χ1v) is 7.71. The molecule has 1 amide bonds. The van der Waals surface area contributed by atoms with Gasteiger partial charge >= 0.3 is 10.2 Å². The van der Waals surface area contributed by atoms with E-state index in [1.165, 1.54) is 19.1 Å². The van der Waals surface area contributed by atoms with Crippen LogP contribution in [0, 0.1) is 5.92 Å². The molecule has 9 heteroatoms. The molecule has 0 spiro atoms. The highest BCUT2D eigenvalue weighted by atomic mass is 32.3. The van der Waals surface area contributed by atoms with Crippen LogP contribution in [0.25, 0.3) is 0 Å². The second kappa shape index (κ2) is 5.84. The Hall–Kier alpha value is -1.90. The van der Waals surface area contributed by atoms with E-state index in [0.29, 0.717) is 11.6 Å². The number of halogens is 1. The standard InChI is InChI=1S/C12H15FN2O5S/c1-19-10-4-3-9(12(14-10)20-2)15-6-8(5-11(15)16)7-21(13,17)18/h3-4,8H,5-7H2,1-2H3. The average molecular weight is 318 g/mol. The Morgan fingerprint density at radius 3 is 2.67 bits per heavy atom. The first-order chi connectivity index (χ1) is 9.84. The Morgan fingerprint density at radius 2 is 2.10 bits per heavy atom. The van der Waals surface area contributed by atoms with Crippen molar-refractivity contribution in [3.8, 4) is 11.8 Å². The van der Waals surface area contributed by atoms with Crippen molar-refractivity contribution in [3.05, 3.63) is 12.1 Å². The van der Waals surface area contributed by atoms with Gasteiger partial charge in [-0.3, -0.25) is 4.79 Å². The van der Waals surface area contributed by atoms with Crippen molar-refractivity contribution in [2.45, 2.75) is 6.42 Å². The molecule has 0 radical (unpaired) electrons. The molecule has 1 aromatic rings. The molecule has 0 N–H and O–H groups in total. The zero-order valence-corrected chi connectivity index (χ0v) is 12.4. The van der Waals surface area contributed by atoms with Crippen molar-refractivity contribution >= 4 is 21.8 Å². The molecule has 0 bridgehead atoms. The Kier molecular flexibility index (Phi) is 4.31. The number of anilines is 1. The van der Waals surface area contributed by atoms with E-state index in [-0.39, 0.29) is 24.8 Å². The van der Waals surface area contributed by atoms with Crippen molar-refractivity contribution in [2.24, 2.45) is 5.92 Å². The van der Waals surface area contributed by atoms with Gasteiger partial charge in [0.2, 0.25) is 17.7 Å². The number of nitrogens with zero attached hydrogens (tertiary/aromatic N) is 2. The lowest BCUT2D eigenvalue weighted by Gasteiger charge is -2.19. The molecule has 1 fully saturated rings. The zero-order valence-electron chi connectivity index (χ0n) is 11.6. The van der Waals surface area contributed by atoms with Gasteiger partial charge in [0, 0.05) is 24.9 Å². The van der Waals surface area contributed by atoms with E-state index < -0.39 is 21.9 Å². The number of pyridine rings is 1. The molecule has 1 unspecified atom stereocenters. The highest BCUT2D eigenvalue weighted by molar-refractivity contribution is 7.86. The molecule has 0 saturated carbocycles. The molecule has 1 saturated heterocycles. The number of carbonyl (C=O) groups is 1. The van der Waals surface area contributed by atoms with Crippen LogP contribution in [0.2, 0.25) is 0 Å². The van der Waals surface area contributed by atoms with E-state index >= 15 is 0 Å². The molecule has 0 aliphatic carbocycles. The van der Waals surface area contributed by atoms with Crippen LogP contribution < -0.4 is 14.4 Å². The number of hydrogen-bond acceptors (Lipinski definition) is 6. The fraction of sp³-hybridized carbons (Fsp3) is 0.500. The van der Waals surface area contributed by atoms with Gasteiger partial charge in [0.05, 0.1) is 20.0 Å². The van der Waals surface area contributed by atoms with Gasteiger partial charge in [0.1, 0.15) is 5.69 Å². The maximum absolute atomic E-state index is 12.7. The van der Waals surface area contributed by atoms with Gasteiger partial charge in [0.25, 0.3) is 0 Å². The lowest BCUT2D eigenvalue weighted by molar-refractivity contribution is -0.117. The molecular weight excluding hydrogens is 303 g/mol. The van der Waals surface area contributed by atoms with Gasteiger partial charge in [0.15, 0.2) is 0 Å². The number of hydrogen-bond donors (Lipinski definition) is 0. The third kappa shape index (κ3) is 3.60. The van der Waals surface area contributed by atoms with E-state index in [9.17, 15) is 17.1 Å². The molecule has 1 atom stereocenters.